The van der Waals surface area contributed by atoms with Gasteiger partial charge in [-0.1, -0.05) is 18.2 Å². The molecule has 0 N–H and O–H groups in total. The van der Waals surface area contributed by atoms with Gasteiger partial charge in [0.1, 0.15) is 5.75 Å². The maximum absolute atomic E-state index is 5.15. The molecular weight excluding hydrogens is 238 g/mol. The largest absolute Gasteiger partial charge is 0.497 e. The summed E-state index contributed by atoms with van der Waals surface area (Å²) in [5, 5.41) is 4.49. The van der Waals surface area contributed by atoms with Gasteiger partial charge in [-0.05, 0) is 36.2 Å². The van der Waals surface area contributed by atoms with Crippen molar-refractivity contribution in [1.82, 2.24) is 14.6 Å². The van der Waals surface area contributed by atoms with Crippen LogP contribution in [0.1, 0.15) is 17.0 Å². The van der Waals surface area contributed by atoms with Gasteiger partial charge in [0.25, 0.3) is 0 Å². The Morgan fingerprint density at radius 2 is 1.89 bits per heavy atom. The summed E-state index contributed by atoms with van der Waals surface area (Å²) in [6.07, 6.45) is 2.71. The summed E-state index contributed by atoms with van der Waals surface area (Å²) in [5.41, 5.74) is 3.23. The number of fused-ring (bicyclic) bond motifs is 1. The first-order chi connectivity index (χ1) is 9.24. The molecule has 0 fully saturated rings. The number of nitrogens with zero attached hydrogens (tertiary/aromatic N) is 3. The molecule has 0 aliphatic rings. The maximum Gasteiger partial charge on any atom is 0.156 e. The lowest BCUT2D eigenvalue weighted by Crippen LogP contribution is -1.92. The van der Waals surface area contributed by atoms with Crippen LogP contribution in [0, 0.1) is 6.92 Å². The van der Waals surface area contributed by atoms with Crippen LogP contribution in [0.25, 0.3) is 5.65 Å². The molecule has 19 heavy (non-hydrogen) atoms. The van der Waals surface area contributed by atoms with Crippen LogP contribution in [0.5, 0.6) is 5.75 Å². The van der Waals surface area contributed by atoms with Crippen molar-refractivity contribution in [3.8, 4) is 5.75 Å². The first kappa shape index (κ1) is 11.7. The number of pyridine rings is 1. The predicted molar refractivity (Wildman–Crippen MR) is 73.5 cm³/mol. The van der Waals surface area contributed by atoms with Crippen LogP contribution in [0.4, 0.5) is 0 Å². The van der Waals surface area contributed by atoms with E-state index in [4.69, 9.17) is 4.74 Å². The molecule has 0 radical (unpaired) electrons. The highest BCUT2D eigenvalue weighted by Gasteiger charge is 2.05. The summed E-state index contributed by atoms with van der Waals surface area (Å²) in [7, 11) is 1.67. The molecule has 0 saturated heterocycles. The van der Waals surface area contributed by atoms with E-state index >= 15 is 0 Å². The molecule has 4 nitrogen and oxygen atoms in total. The molecule has 2 heterocycles. The Labute approximate surface area is 111 Å². The van der Waals surface area contributed by atoms with Crippen LogP contribution < -0.4 is 4.74 Å². The number of hydrogen-bond donors (Lipinski definition) is 0. The molecular formula is C15H15N3O. The monoisotopic (exact) mass is 253 g/mol. The van der Waals surface area contributed by atoms with Crippen LogP contribution >= 0.6 is 0 Å². The molecule has 3 rings (SSSR count). The molecule has 96 valence electrons. The SMILES string of the molecule is COc1ccc(Cc2nc3ccc(C)cn3n2)cc1. The smallest absolute Gasteiger partial charge is 0.156 e. The molecule has 2 aromatic heterocycles. The molecule has 0 aliphatic carbocycles. The van der Waals surface area contributed by atoms with E-state index in [1.54, 1.807) is 7.11 Å². The van der Waals surface area contributed by atoms with Crippen molar-refractivity contribution in [2.24, 2.45) is 0 Å². The fourth-order valence-corrected chi connectivity index (χ4v) is 2.03. The summed E-state index contributed by atoms with van der Waals surface area (Å²) in [6, 6.07) is 12.0. The van der Waals surface area contributed by atoms with Crippen molar-refractivity contribution < 1.29 is 4.74 Å². The molecule has 4 heteroatoms. The summed E-state index contributed by atoms with van der Waals surface area (Å²) in [4.78, 5) is 4.51. The Morgan fingerprint density at radius 3 is 2.63 bits per heavy atom. The molecule has 0 spiro atoms. The first-order valence-corrected chi connectivity index (χ1v) is 6.19. The van der Waals surface area contributed by atoms with Gasteiger partial charge in [-0.3, -0.25) is 0 Å². The Balaban J connectivity index is 1.87. The van der Waals surface area contributed by atoms with Gasteiger partial charge >= 0.3 is 0 Å². The standard InChI is InChI=1S/C15H15N3O/c1-11-3-8-15-16-14(17-18(15)10-11)9-12-4-6-13(19-2)7-5-12/h3-8,10H,9H2,1-2H3. The molecule has 0 atom stereocenters. The van der Waals surface area contributed by atoms with Gasteiger partial charge in [0.05, 0.1) is 7.11 Å². The van der Waals surface area contributed by atoms with E-state index in [-0.39, 0.29) is 0 Å². The number of ether oxygens (including phenoxy) is 1. The maximum atomic E-state index is 5.15. The predicted octanol–water partition coefficient (Wildman–Crippen LogP) is 2.64. The number of methoxy groups -OCH3 is 1. The van der Waals surface area contributed by atoms with Crippen LogP contribution in [-0.2, 0) is 6.42 Å². The first-order valence-electron chi connectivity index (χ1n) is 6.19. The van der Waals surface area contributed by atoms with Crippen molar-refractivity contribution in [3.05, 3.63) is 59.5 Å². The molecule has 3 aromatic rings. The Bertz CT molecular complexity index is 701. The van der Waals surface area contributed by atoms with E-state index in [0.717, 1.165) is 23.6 Å². The minimum atomic E-state index is 0.727. The molecule has 0 aliphatic heterocycles. The highest BCUT2D eigenvalue weighted by Crippen LogP contribution is 2.14. The summed E-state index contributed by atoms with van der Waals surface area (Å²) >= 11 is 0. The number of aryl methyl sites for hydroxylation is 1. The van der Waals surface area contributed by atoms with Crippen molar-refractivity contribution in [3.63, 3.8) is 0 Å². The second kappa shape index (κ2) is 4.72. The quantitative estimate of drug-likeness (QED) is 0.720. The Hall–Kier alpha value is -2.36. The number of rotatable bonds is 3. The minimum absolute atomic E-state index is 0.727. The third-order valence-electron chi connectivity index (χ3n) is 3.04. The van der Waals surface area contributed by atoms with Crippen molar-refractivity contribution >= 4 is 5.65 Å². The van der Waals surface area contributed by atoms with Gasteiger partial charge in [-0.15, -0.1) is 0 Å². The van der Waals surface area contributed by atoms with Crippen LogP contribution in [0.2, 0.25) is 0 Å². The second-order valence-electron chi connectivity index (χ2n) is 4.56. The molecule has 1 aromatic carbocycles. The van der Waals surface area contributed by atoms with Crippen LogP contribution in [-0.4, -0.2) is 21.7 Å². The molecule has 0 amide bonds. The Kier molecular flexibility index (Phi) is 2.91. The third-order valence-corrected chi connectivity index (χ3v) is 3.04. The lowest BCUT2D eigenvalue weighted by atomic mass is 10.1. The van der Waals surface area contributed by atoms with Crippen molar-refractivity contribution in [1.29, 1.82) is 0 Å². The average Bonchev–Trinajstić information content (AvgIpc) is 2.81. The van der Waals surface area contributed by atoms with E-state index in [2.05, 4.69) is 10.1 Å². The summed E-state index contributed by atoms with van der Waals surface area (Å²) < 4.78 is 6.97. The van der Waals surface area contributed by atoms with E-state index in [0.29, 0.717) is 0 Å². The second-order valence-corrected chi connectivity index (χ2v) is 4.56. The zero-order chi connectivity index (χ0) is 13.2. The number of hydrogen-bond acceptors (Lipinski definition) is 3. The average molecular weight is 253 g/mol. The zero-order valence-electron chi connectivity index (χ0n) is 11.0. The van der Waals surface area contributed by atoms with E-state index in [9.17, 15) is 0 Å². The molecule has 0 saturated carbocycles. The zero-order valence-corrected chi connectivity index (χ0v) is 11.0. The Morgan fingerprint density at radius 1 is 1.11 bits per heavy atom. The van der Waals surface area contributed by atoms with Crippen LogP contribution in [0.3, 0.4) is 0 Å². The fourth-order valence-electron chi connectivity index (χ4n) is 2.03. The third kappa shape index (κ3) is 2.42. The van der Waals surface area contributed by atoms with Gasteiger partial charge in [-0.2, -0.15) is 5.10 Å². The summed E-state index contributed by atoms with van der Waals surface area (Å²) in [6.45, 7) is 2.05. The number of benzene rings is 1. The lowest BCUT2D eigenvalue weighted by Gasteiger charge is -2.00. The fraction of sp³-hybridized carbons (Fsp3) is 0.200. The minimum Gasteiger partial charge on any atom is -0.497 e. The van der Waals surface area contributed by atoms with Gasteiger partial charge in [-0.25, -0.2) is 9.50 Å². The summed E-state index contributed by atoms with van der Waals surface area (Å²) in [5.74, 6) is 1.69. The highest BCUT2D eigenvalue weighted by atomic mass is 16.5. The highest BCUT2D eigenvalue weighted by molar-refractivity contribution is 5.39. The number of aromatic nitrogens is 3. The van der Waals surface area contributed by atoms with Crippen molar-refractivity contribution in [2.45, 2.75) is 13.3 Å². The van der Waals surface area contributed by atoms with Gasteiger partial charge in [0.2, 0.25) is 0 Å². The molecule has 0 unspecified atom stereocenters. The normalized spacial score (nSPS) is 10.8. The van der Waals surface area contributed by atoms with Gasteiger partial charge in [0, 0.05) is 12.6 Å². The molecule has 0 bridgehead atoms. The van der Waals surface area contributed by atoms with Crippen LogP contribution in [0.15, 0.2) is 42.6 Å². The van der Waals surface area contributed by atoms with E-state index in [1.807, 2.05) is 54.0 Å². The lowest BCUT2D eigenvalue weighted by molar-refractivity contribution is 0.414. The van der Waals surface area contributed by atoms with E-state index < -0.39 is 0 Å². The van der Waals surface area contributed by atoms with Gasteiger partial charge in [0.15, 0.2) is 11.5 Å². The topological polar surface area (TPSA) is 39.4 Å². The van der Waals surface area contributed by atoms with Crippen molar-refractivity contribution in [2.75, 3.05) is 7.11 Å². The van der Waals surface area contributed by atoms with Gasteiger partial charge < -0.3 is 4.74 Å². The van der Waals surface area contributed by atoms with E-state index in [1.165, 1.54) is 11.1 Å².